The number of H-pyrrole nitrogens is 1. The maximum atomic E-state index is 9.98. The molecule has 2 nitrogen and oxygen atoms in total. The molecule has 0 atom stereocenters. The minimum atomic E-state index is 0.352. The molecule has 0 saturated carbocycles. The van der Waals surface area contributed by atoms with Crippen LogP contribution in [0.3, 0.4) is 0 Å². The summed E-state index contributed by atoms with van der Waals surface area (Å²) < 4.78 is 0. The summed E-state index contributed by atoms with van der Waals surface area (Å²) in [5, 5.41) is 11.1. The molecular formula is C17H15NO. The number of aromatic hydroxyl groups is 1. The van der Waals surface area contributed by atoms with E-state index in [0.717, 1.165) is 22.9 Å². The highest BCUT2D eigenvalue weighted by Gasteiger charge is 2.05. The van der Waals surface area contributed by atoms with Crippen molar-refractivity contribution in [3.63, 3.8) is 0 Å². The van der Waals surface area contributed by atoms with E-state index in [1.165, 1.54) is 5.56 Å². The third-order valence-corrected chi connectivity index (χ3v) is 3.25. The maximum absolute atomic E-state index is 9.98. The molecule has 0 aliphatic heterocycles. The van der Waals surface area contributed by atoms with Gasteiger partial charge in [-0.1, -0.05) is 42.5 Å². The zero-order valence-electron chi connectivity index (χ0n) is 10.5. The van der Waals surface area contributed by atoms with Crippen LogP contribution in [0.5, 0.6) is 5.75 Å². The molecular weight excluding hydrogens is 234 g/mol. The summed E-state index contributed by atoms with van der Waals surface area (Å²) in [5.74, 6) is 0.352. The van der Waals surface area contributed by atoms with Crippen LogP contribution in [-0.2, 0) is 6.42 Å². The Morgan fingerprint density at radius 3 is 2.68 bits per heavy atom. The van der Waals surface area contributed by atoms with Crippen molar-refractivity contribution in [2.45, 2.75) is 6.42 Å². The second-order valence-corrected chi connectivity index (χ2v) is 4.52. The molecule has 0 amide bonds. The van der Waals surface area contributed by atoms with Gasteiger partial charge in [0.15, 0.2) is 0 Å². The number of hydrogen-bond acceptors (Lipinski definition) is 1. The number of allylic oxidation sites excluding steroid dienone is 1. The third kappa shape index (κ3) is 2.38. The quantitative estimate of drug-likeness (QED) is 0.719. The Balaban J connectivity index is 1.87. The Kier molecular flexibility index (Phi) is 3.07. The molecule has 1 heterocycles. The molecule has 0 unspecified atom stereocenters. The molecule has 0 bridgehead atoms. The molecule has 0 fully saturated rings. The Labute approximate surface area is 112 Å². The second kappa shape index (κ2) is 5.02. The first-order valence-electron chi connectivity index (χ1n) is 6.34. The van der Waals surface area contributed by atoms with Crippen molar-refractivity contribution in [2.24, 2.45) is 0 Å². The molecule has 0 aliphatic carbocycles. The van der Waals surface area contributed by atoms with E-state index < -0.39 is 0 Å². The summed E-state index contributed by atoms with van der Waals surface area (Å²) >= 11 is 0. The van der Waals surface area contributed by atoms with Gasteiger partial charge in [-0.25, -0.2) is 0 Å². The molecule has 94 valence electrons. The molecule has 3 rings (SSSR count). The van der Waals surface area contributed by atoms with Crippen LogP contribution in [0.15, 0.2) is 60.8 Å². The fraction of sp³-hybridized carbons (Fsp3) is 0.0588. The van der Waals surface area contributed by atoms with Gasteiger partial charge < -0.3 is 10.1 Å². The van der Waals surface area contributed by atoms with E-state index in [9.17, 15) is 5.11 Å². The van der Waals surface area contributed by atoms with Gasteiger partial charge in [0.1, 0.15) is 5.75 Å². The van der Waals surface area contributed by atoms with E-state index in [1.807, 2.05) is 36.5 Å². The lowest BCUT2D eigenvalue weighted by atomic mass is 10.0. The van der Waals surface area contributed by atoms with Gasteiger partial charge in [0, 0.05) is 22.7 Å². The smallest absolute Gasteiger partial charge is 0.119 e. The number of phenols is 1. The lowest BCUT2D eigenvalue weighted by Crippen LogP contribution is -1.84. The van der Waals surface area contributed by atoms with Crippen molar-refractivity contribution >= 4 is 17.0 Å². The summed E-state index contributed by atoms with van der Waals surface area (Å²) in [7, 11) is 0. The molecule has 2 aromatic carbocycles. The first-order chi connectivity index (χ1) is 9.34. The predicted octanol–water partition coefficient (Wildman–Crippen LogP) is 4.13. The Hall–Kier alpha value is -2.48. The third-order valence-electron chi connectivity index (χ3n) is 3.25. The first-order valence-corrected chi connectivity index (χ1v) is 6.34. The Bertz CT molecular complexity index is 710. The van der Waals surface area contributed by atoms with Crippen LogP contribution in [0.1, 0.15) is 11.1 Å². The molecule has 2 heteroatoms. The molecule has 19 heavy (non-hydrogen) atoms. The molecule has 1 aromatic heterocycles. The average molecular weight is 249 g/mol. The zero-order valence-corrected chi connectivity index (χ0v) is 10.5. The van der Waals surface area contributed by atoms with Crippen LogP contribution in [-0.4, -0.2) is 10.1 Å². The van der Waals surface area contributed by atoms with Gasteiger partial charge in [-0.2, -0.15) is 0 Å². The number of rotatable bonds is 3. The van der Waals surface area contributed by atoms with Gasteiger partial charge in [-0.3, -0.25) is 0 Å². The number of nitrogens with one attached hydrogen (secondary N) is 1. The largest absolute Gasteiger partial charge is 0.508 e. The van der Waals surface area contributed by atoms with Crippen LogP contribution in [0.4, 0.5) is 0 Å². The number of fused-ring (bicyclic) bond motifs is 1. The average Bonchev–Trinajstić information content (AvgIpc) is 2.91. The van der Waals surface area contributed by atoms with E-state index >= 15 is 0 Å². The van der Waals surface area contributed by atoms with Crippen molar-refractivity contribution in [2.75, 3.05) is 0 Å². The van der Waals surface area contributed by atoms with Gasteiger partial charge in [0.05, 0.1) is 0 Å². The van der Waals surface area contributed by atoms with Gasteiger partial charge in [-0.05, 0) is 30.2 Å². The molecule has 0 aliphatic rings. The van der Waals surface area contributed by atoms with Crippen LogP contribution in [0, 0.1) is 0 Å². The van der Waals surface area contributed by atoms with E-state index in [-0.39, 0.29) is 0 Å². The highest BCUT2D eigenvalue weighted by Crippen LogP contribution is 2.27. The number of aromatic nitrogens is 1. The molecule has 2 N–H and O–H groups in total. The number of hydrogen-bond donors (Lipinski definition) is 2. The summed E-state index contributed by atoms with van der Waals surface area (Å²) in [4.78, 5) is 3.16. The first kappa shape index (κ1) is 11.6. The molecule has 0 spiro atoms. The van der Waals surface area contributed by atoms with E-state index in [0.29, 0.717) is 5.75 Å². The van der Waals surface area contributed by atoms with Crippen LogP contribution < -0.4 is 0 Å². The van der Waals surface area contributed by atoms with Crippen LogP contribution >= 0.6 is 0 Å². The normalized spacial score (nSPS) is 11.4. The second-order valence-electron chi connectivity index (χ2n) is 4.52. The molecule has 0 saturated heterocycles. The standard InChI is InChI=1S/C17H15NO/c19-17-10-9-16-14(11-12-18-16)15(17)8-4-7-13-5-2-1-3-6-13/h1-7,9-12,18-19H,8H2/b7-4+. The lowest BCUT2D eigenvalue weighted by Gasteiger charge is -2.03. The van der Waals surface area contributed by atoms with Crippen molar-refractivity contribution in [1.29, 1.82) is 0 Å². The van der Waals surface area contributed by atoms with E-state index in [2.05, 4.69) is 29.3 Å². The fourth-order valence-electron chi connectivity index (χ4n) is 2.28. The summed E-state index contributed by atoms with van der Waals surface area (Å²) in [6.07, 6.45) is 6.77. The van der Waals surface area contributed by atoms with Gasteiger partial charge >= 0.3 is 0 Å². The van der Waals surface area contributed by atoms with Crippen LogP contribution in [0.2, 0.25) is 0 Å². The number of aromatic amines is 1. The van der Waals surface area contributed by atoms with Crippen LogP contribution in [0.25, 0.3) is 17.0 Å². The SMILES string of the molecule is Oc1ccc2[nH]ccc2c1C/C=C/c1ccccc1. The maximum Gasteiger partial charge on any atom is 0.119 e. The minimum Gasteiger partial charge on any atom is -0.508 e. The van der Waals surface area contributed by atoms with Gasteiger partial charge in [0.2, 0.25) is 0 Å². The topological polar surface area (TPSA) is 36.0 Å². The lowest BCUT2D eigenvalue weighted by molar-refractivity contribution is 0.471. The van der Waals surface area contributed by atoms with E-state index in [4.69, 9.17) is 0 Å². The molecule has 3 aromatic rings. The summed E-state index contributed by atoms with van der Waals surface area (Å²) in [5.41, 5.74) is 3.19. The molecule has 0 radical (unpaired) electrons. The highest BCUT2D eigenvalue weighted by molar-refractivity contribution is 5.85. The number of phenolic OH excluding ortho intramolecular Hbond substituents is 1. The van der Waals surface area contributed by atoms with Crippen molar-refractivity contribution in [3.8, 4) is 5.75 Å². The van der Waals surface area contributed by atoms with Gasteiger partial charge in [-0.15, -0.1) is 0 Å². The predicted molar refractivity (Wildman–Crippen MR) is 79.1 cm³/mol. The van der Waals surface area contributed by atoms with Crippen molar-refractivity contribution in [1.82, 2.24) is 4.98 Å². The van der Waals surface area contributed by atoms with Gasteiger partial charge in [0.25, 0.3) is 0 Å². The van der Waals surface area contributed by atoms with Crippen molar-refractivity contribution < 1.29 is 5.11 Å². The fourth-order valence-corrected chi connectivity index (χ4v) is 2.28. The van der Waals surface area contributed by atoms with Crippen molar-refractivity contribution in [3.05, 3.63) is 71.9 Å². The zero-order chi connectivity index (χ0) is 13.1. The summed E-state index contributed by atoms with van der Waals surface area (Å²) in [6, 6.07) is 15.8. The Morgan fingerprint density at radius 2 is 1.84 bits per heavy atom. The highest BCUT2D eigenvalue weighted by atomic mass is 16.3. The van der Waals surface area contributed by atoms with E-state index in [1.54, 1.807) is 6.07 Å². The Morgan fingerprint density at radius 1 is 1.00 bits per heavy atom. The minimum absolute atomic E-state index is 0.352. The number of benzene rings is 2. The summed E-state index contributed by atoms with van der Waals surface area (Å²) in [6.45, 7) is 0. The monoisotopic (exact) mass is 249 g/mol.